The number of hydrogen-bond donors (Lipinski definition) is 1. The van der Waals surface area contributed by atoms with E-state index in [1.165, 1.54) is 6.20 Å². The van der Waals surface area contributed by atoms with Crippen LogP contribution in [0.15, 0.2) is 18.5 Å². The van der Waals surface area contributed by atoms with Gasteiger partial charge in [-0.05, 0) is 30.9 Å². The van der Waals surface area contributed by atoms with Crippen molar-refractivity contribution < 1.29 is 14.3 Å². The number of halogens is 1. The molecule has 1 aromatic heterocycles. The van der Waals surface area contributed by atoms with Crippen LogP contribution in [0.3, 0.4) is 0 Å². The van der Waals surface area contributed by atoms with Crippen LogP contribution in [0.2, 0.25) is 0 Å². The minimum Gasteiger partial charge on any atom is -0.481 e. The molecule has 0 saturated heterocycles. The lowest BCUT2D eigenvalue weighted by atomic mass is 9.33. The number of nitrogens with zero attached hydrogens (tertiary/aromatic N) is 1. The Morgan fingerprint density at radius 1 is 1.47 bits per heavy atom. The molecule has 3 aliphatic rings. The van der Waals surface area contributed by atoms with Gasteiger partial charge in [0.15, 0.2) is 0 Å². The first-order valence-corrected chi connectivity index (χ1v) is 4.92. The van der Waals surface area contributed by atoms with E-state index in [2.05, 4.69) is 4.98 Å². The number of carbonyl (C=O) groups is 1. The van der Waals surface area contributed by atoms with Crippen molar-refractivity contribution in [3.8, 4) is 0 Å². The van der Waals surface area contributed by atoms with Crippen molar-refractivity contribution in [1.82, 2.24) is 4.98 Å². The Balaban J connectivity index is 1.90. The van der Waals surface area contributed by atoms with E-state index in [4.69, 9.17) is 5.11 Å². The molecule has 0 amide bonds. The average molecular weight is 207 g/mol. The van der Waals surface area contributed by atoms with E-state index in [9.17, 15) is 9.18 Å². The SMILES string of the molecule is O=C(O)C12CC(c3ccncc3F)(C1)C2. The highest BCUT2D eigenvalue weighted by Crippen LogP contribution is 2.73. The maximum Gasteiger partial charge on any atom is 0.309 e. The second kappa shape index (κ2) is 2.38. The Bertz CT molecular complexity index is 438. The summed E-state index contributed by atoms with van der Waals surface area (Å²) >= 11 is 0. The standard InChI is InChI=1S/C11H10FNO2/c12-8-3-13-2-1-7(8)10-4-11(5-10,6-10)9(14)15/h1-3H,4-6H2,(H,14,15). The maximum absolute atomic E-state index is 13.4. The molecule has 2 bridgehead atoms. The number of pyridine rings is 1. The van der Waals surface area contributed by atoms with E-state index in [1.54, 1.807) is 12.3 Å². The molecule has 3 fully saturated rings. The van der Waals surface area contributed by atoms with Gasteiger partial charge in [-0.2, -0.15) is 0 Å². The maximum atomic E-state index is 13.4. The lowest BCUT2D eigenvalue weighted by molar-refractivity contribution is -0.195. The third-order valence-corrected chi connectivity index (χ3v) is 3.83. The Hall–Kier alpha value is -1.45. The molecule has 0 aromatic carbocycles. The van der Waals surface area contributed by atoms with Gasteiger partial charge in [-0.25, -0.2) is 4.39 Å². The fourth-order valence-electron chi connectivity index (χ4n) is 3.11. The van der Waals surface area contributed by atoms with E-state index < -0.39 is 11.4 Å². The first-order chi connectivity index (χ1) is 7.08. The highest BCUT2D eigenvalue weighted by Gasteiger charge is 2.72. The van der Waals surface area contributed by atoms with Crippen LogP contribution < -0.4 is 0 Å². The van der Waals surface area contributed by atoms with Crippen LogP contribution in [0, 0.1) is 11.2 Å². The van der Waals surface area contributed by atoms with Crippen molar-refractivity contribution >= 4 is 5.97 Å². The molecule has 4 heteroatoms. The summed E-state index contributed by atoms with van der Waals surface area (Å²) in [5.74, 6) is -1.05. The van der Waals surface area contributed by atoms with Gasteiger partial charge in [-0.3, -0.25) is 9.78 Å². The molecule has 1 N–H and O–H groups in total. The molecule has 0 spiro atoms. The van der Waals surface area contributed by atoms with Crippen LogP contribution in [0.5, 0.6) is 0 Å². The van der Waals surface area contributed by atoms with Crippen LogP contribution in [0.1, 0.15) is 24.8 Å². The summed E-state index contributed by atoms with van der Waals surface area (Å²) < 4.78 is 13.4. The molecular formula is C11H10FNO2. The molecule has 1 heterocycles. The Morgan fingerprint density at radius 2 is 2.13 bits per heavy atom. The normalized spacial score (nSPS) is 36.6. The Labute approximate surface area is 86.0 Å². The fourth-order valence-corrected chi connectivity index (χ4v) is 3.11. The summed E-state index contributed by atoms with van der Waals surface area (Å²) in [5.41, 5.74) is -0.109. The van der Waals surface area contributed by atoms with Crippen molar-refractivity contribution in [2.45, 2.75) is 24.7 Å². The minimum absolute atomic E-state index is 0.203. The van der Waals surface area contributed by atoms with Gasteiger partial charge in [-0.15, -0.1) is 0 Å². The predicted octanol–water partition coefficient (Wildman–Crippen LogP) is 1.73. The lowest BCUT2D eigenvalue weighted by Crippen LogP contribution is -2.68. The largest absolute Gasteiger partial charge is 0.481 e. The third-order valence-electron chi connectivity index (χ3n) is 3.83. The van der Waals surface area contributed by atoms with Gasteiger partial charge in [-0.1, -0.05) is 0 Å². The third kappa shape index (κ3) is 0.893. The van der Waals surface area contributed by atoms with Gasteiger partial charge in [0.25, 0.3) is 0 Å². The van der Waals surface area contributed by atoms with Crippen molar-refractivity contribution in [2.75, 3.05) is 0 Å². The van der Waals surface area contributed by atoms with Crippen LogP contribution in [-0.2, 0) is 10.2 Å². The topological polar surface area (TPSA) is 50.2 Å². The molecule has 0 atom stereocenters. The number of rotatable bonds is 2. The second-order valence-corrected chi connectivity index (χ2v) is 4.75. The molecule has 1 aromatic rings. The van der Waals surface area contributed by atoms with Crippen molar-refractivity contribution in [1.29, 1.82) is 0 Å². The monoisotopic (exact) mass is 207 g/mol. The van der Waals surface area contributed by atoms with Crippen molar-refractivity contribution in [2.24, 2.45) is 5.41 Å². The molecule has 0 radical (unpaired) electrons. The van der Waals surface area contributed by atoms with Gasteiger partial charge in [0.1, 0.15) is 5.82 Å². The summed E-state index contributed by atoms with van der Waals surface area (Å²) in [6, 6.07) is 1.67. The quantitative estimate of drug-likeness (QED) is 0.803. The average Bonchev–Trinajstić information content (AvgIpc) is 2.02. The van der Waals surface area contributed by atoms with E-state index in [1.807, 2.05) is 0 Å². The highest BCUT2D eigenvalue weighted by atomic mass is 19.1. The fraction of sp³-hybridized carbons (Fsp3) is 0.455. The summed E-state index contributed by atoms with van der Waals surface area (Å²) in [6.07, 6.45) is 4.50. The second-order valence-electron chi connectivity index (χ2n) is 4.75. The van der Waals surface area contributed by atoms with Gasteiger partial charge in [0.05, 0.1) is 11.6 Å². The number of aromatic nitrogens is 1. The summed E-state index contributed by atoms with van der Waals surface area (Å²) in [4.78, 5) is 14.6. The minimum atomic E-state index is -0.737. The molecule has 78 valence electrons. The van der Waals surface area contributed by atoms with Crippen LogP contribution >= 0.6 is 0 Å². The van der Waals surface area contributed by atoms with Crippen molar-refractivity contribution in [3.63, 3.8) is 0 Å². The smallest absolute Gasteiger partial charge is 0.309 e. The van der Waals surface area contributed by atoms with E-state index in [-0.39, 0.29) is 11.2 Å². The zero-order valence-electron chi connectivity index (χ0n) is 8.03. The van der Waals surface area contributed by atoms with Crippen molar-refractivity contribution in [3.05, 3.63) is 29.8 Å². The molecule has 3 saturated carbocycles. The molecule has 0 unspecified atom stereocenters. The van der Waals surface area contributed by atoms with E-state index in [0.717, 1.165) is 0 Å². The summed E-state index contributed by atoms with van der Waals surface area (Å²) in [5, 5.41) is 8.95. The zero-order valence-corrected chi connectivity index (χ0v) is 8.03. The number of aliphatic carboxylic acids is 1. The zero-order chi connectivity index (χ0) is 10.7. The Morgan fingerprint density at radius 3 is 2.67 bits per heavy atom. The molecule has 15 heavy (non-hydrogen) atoms. The molecule has 3 nitrogen and oxygen atoms in total. The number of hydrogen-bond acceptors (Lipinski definition) is 2. The van der Waals surface area contributed by atoms with Crippen LogP contribution in [-0.4, -0.2) is 16.1 Å². The van der Waals surface area contributed by atoms with Gasteiger partial charge in [0.2, 0.25) is 0 Å². The first-order valence-electron chi connectivity index (χ1n) is 4.92. The molecular weight excluding hydrogens is 197 g/mol. The van der Waals surface area contributed by atoms with E-state index >= 15 is 0 Å². The number of carboxylic acids is 1. The predicted molar refractivity (Wildman–Crippen MR) is 49.8 cm³/mol. The molecule has 0 aliphatic heterocycles. The highest BCUT2D eigenvalue weighted by molar-refractivity contribution is 5.80. The Kier molecular flexibility index (Phi) is 1.40. The van der Waals surface area contributed by atoms with Gasteiger partial charge < -0.3 is 5.11 Å². The summed E-state index contributed by atoms with van der Waals surface area (Å²) in [7, 11) is 0. The van der Waals surface area contributed by atoms with Gasteiger partial charge >= 0.3 is 5.97 Å². The molecule has 3 aliphatic carbocycles. The van der Waals surface area contributed by atoms with E-state index in [0.29, 0.717) is 24.8 Å². The van der Waals surface area contributed by atoms with Gasteiger partial charge in [0, 0.05) is 11.6 Å². The van der Waals surface area contributed by atoms with Crippen LogP contribution in [0.4, 0.5) is 4.39 Å². The summed E-state index contributed by atoms with van der Waals surface area (Å²) in [6.45, 7) is 0. The first kappa shape index (κ1) is 8.83. The number of carboxylic acid groups (broad SMARTS) is 1. The van der Waals surface area contributed by atoms with Crippen LogP contribution in [0.25, 0.3) is 0 Å². The lowest BCUT2D eigenvalue weighted by Gasteiger charge is -2.68. The molecule has 4 rings (SSSR count).